The van der Waals surface area contributed by atoms with Crippen molar-refractivity contribution < 1.29 is 14.4 Å². The van der Waals surface area contributed by atoms with Crippen LogP contribution in [0.15, 0.2) is 28.1 Å². The Labute approximate surface area is 115 Å². The first-order valence-electron chi connectivity index (χ1n) is 6.29. The Morgan fingerprint density at radius 3 is 3.26 bits per heavy atom. The Morgan fingerprint density at radius 2 is 2.47 bits per heavy atom. The molecule has 1 atom stereocenters. The largest absolute Gasteiger partial charge is 0.394 e. The van der Waals surface area contributed by atoms with E-state index in [2.05, 4.69) is 10.1 Å². The minimum absolute atomic E-state index is 0.0652. The zero-order valence-corrected chi connectivity index (χ0v) is 11.3. The number of nitrogens with zero attached hydrogens (tertiary/aromatic N) is 2. The zero-order chi connectivity index (χ0) is 13.1. The monoisotopic (exact) mass is 280 g/mol. The van der Waals surface area contributed by atoms with E-state index in [0.717, 1.165) is 36.0 Å². The molecule has 2 aromatic rings. The van der Waals surface area contributed by atoms with Crippen LogP contribution in [0.1, 0.15) is 5.69 Å². The van der Waals surface area contributed by atoms with E-state index in [-0.39, 0.29) is 12.7 Å². The molecule has 19 heavy (non-hydrogen) atoms. The summed E-state index contributed by atoms with van der Waals surface area (Å²) in [6, 6.07) is 6.00. The summed E-state index contributed by atoms with van der Waals surface area (Å²) in [5, 5.41) is 15.2. The number of ether oxygens (including phenoxy) is 1. The van der Waals surface area contributed by atoms with Gasteiger partial charge in [0.1, 0.15) is 0 Å². The van der Waals surface area contributed by atoms with E-state index in [1.54, 1.807) is 11.3 Å². The van der Waals surface area contributed by atoms with Gasteiger partial charge in [-0.3, -0.25) is 4.90 Å². The lowest BCUT2D eigenvalue weighted by Gasteiger charge is -2.31. The fraction of sp³-hybridized carbons (Fsp3) is 0.462. The highest BCUT2D eigenvalue weighted by Gasteiger charge is 2.20. The predicted octanol–water partition coefficient (Wildman–Crippen LogP) is 1.60. The molecule has 0 amide bonds. The lowest BCUT2D eigenvalue weighted by Crippen LogP contribution is -2.43. The van der Waals surface area contributed by atoms with Crippen molar-refractivity contribution in [3.05, 3.63) is 29.3 Å². The number of aliphatic hydroxyl groups excluding tert-OH is 1. The molecule has 1 aliphatic heterocycles. The number of hydrogen-bond donors (Lipinski definition) is 1. The molecular formula is C13H16N2O3S. The number of aromatic nitrogens is 1. The van der Waals surface area contributed by atoms with Crippen LogP contribution < -0.4 is 0 Å². The van der Waals surface area contributed by atoms with Gasteiger partial charge in [-0.1, -0.05) is 11.2 Å². The van der Waals surface area contributed by atoms with Gasteiger partial charge in [-0.2, -0.15) is 0 Å². The van der Waals surface area contributed by atoms with E-state index in [1.807, 2.05) is 23.6 Å². The van der Waals surface area contributed by atoms with Crippen molar-refractivity contribution in [2.75, 3.05) is 26.3 Å². The van der Waals surface area contributed by atoms with E-state index in [0.29, 0.717) is 6.61 Å². The van der Waals surface area contributed by atoms with Gasteiger partial charge in [-0.15, -0.1) is 11.3 Å². The predicted molar refractivity (Wildman–Crippen MR) is 71.9 cm³/mol. The molecule has 3 heterocycles. The molecule has 0 aliphatic carbocycles. The van der Waals surface area contributed by atoms with Crippen LogP contribution in [0.3, 0.4) is 0 Å². The molecule has 5 nitrogen and oxygen atoms in total. The van der Waals surface area contributed by atoms with E-state index >= 15 is 0 Å². The molecular weight excluding hydrogens is 264 g/mol. The molecule has 1 unspecified atom stereocenters. The maximum atomic E-state index is 9.12. The number of thiophene rings is 1. The normalized spacial score (nSPS) is 20.8. The first-order valence-corrected chi connectivity index (χ1v) is 7.17. The van der Waals surface area contributed by atoms with Crippen LogP contribution in [0, 0.1) is 0 Å². The van der Waals surface area contributed by atoms with Crippen LogP contribution in [0.2, 0.25) is 0 Å². The van der Waals surface area contributed by atoms with Gasteiger partial charge < -0.3 is 14.4 Å². The third-order valence-electron chi connectivity index (χ3n) is 3.14. The average Bonchev–Trinajstić information content (AvgIpc) is 3.09. The standard InChI is InChI=1S/C13H16N2O3S/c16-9-11-8-15(3-4-17-11)7-10-6-12(18-14-10)13-2-1-5-19-13/h1-2,5-6,11,16H,3-4,7-9H2. The summed E-state index contributed by atoms with van der Waals surface area (Å²) in [7, 11) is 0. The van der Waals surface area contributed by atoms with Crippen LogP contribution in [0.25, 0.3) is 10.6 Å². The second kappa shape index (κ2) is 5.83. The number of morpholine rings is 1. The minimum atomic E-state index is -0.0857. The molecule has 1 fully saturated rings. The van der Waals surface area contributed by atoms with Gasteiger partial charge in [-0.05, 0) is 11.4 Å². The Morgan fingerprint density at radius 1 is 1.53 bits per heavy atom. The zero-order valence-electron chi connectivity index (χ0n) is 10.5. The highest BCUT2D eigenvalue weighted by atomic mass is 32.1. The van der Waals surface area contributed by atoms with Crippen LogP contribution in [0.5, 0.6) is 0 Å². The second-order valence-electron chi connectivity index (χ2n) is 4.57. The maximum Gasteiger partial charge on any atom is 0.177 e. The first kappa shape index (κ1) is 12.8. The highest BCUT2D eigenvalue weighted by Crippen LogP contribution is 2.25. The lowest BCUT2D eigenvalue weighted by molar-refractivity contribution is -0.0555. The molecule has 2 aromatic heterocycles. The van der Waals surface area contributed by atoms with Crippen molar-refractivity contribution in [3.8, 4) is 10.6 Å². The lowest BCUT2D eigenvalue weighted by atomic mass is 10.2. The van der Waals surface area contributed by atoms with Gasteiger partial charge in [0.15, 0.2) is 5.76 Å². The van der Waals surface area contributed by atoms with E-state index in [9.17, 15) is 0 Å². The van der Waals surface area contributed by atoms with Gasteiger partial charge in [0.2, 0.25) is 0 Å². The number of rotatable bonds is 4. The molecule has 6 heteroatoms. The summed E-state index contributed by atoms with van der Waals surface area (Å²) in [5.41, 5.74) is 0.919. The van der Waals surface area contributed by atoms with E-state index < -0.39 is 0 Å². The van der Waals surface area contributed by atoms with Gasteiger partial charge in [0.25, 0.3) is 0 Å². The van der Waals surface area contributed by atoms with Crippen molar-refractivity contribution in [3.63, 3.8) is 0 Å². The number of aliphatic hydroxyl groups is 1. The molecule has 0 aromatic carbocycles. The van der Waals surface area contributed by atoms with Crippen molar-refractivity contribution in [1.29, 1.82) is 0 Å². The van der Waals surface area contributed by atoms with Gasteiger partial charge >= 0.3 is 0 Å². The van der Waals surface area contributed by atoms with Crippen molar-refractivity contribution in [1.82, 2.24) is 10.1 Å². The summed E-state index contributed by atoms with van der Waals surface area (Å²) >= 11 is 1.64. The average molecular weight is 280 g/mol. The summed E-state index contributed by atoms with van der Waals surface area (Å²) in [6.45, 7) is 3.04. The SMILES string of the molecule is OCC1CN(Cc2cc(-c3cccs3)on2)CCO1. The van der Waals surface area contributed by atoms with Gasteiger partial charge in [0, 0.05) is 25.7 Å². The quantitative estimate of drug-likeness (QED) is 0.921. The van der Waals surface area contributed by atoms with Crippen molar-refractivity contribution in [2.45, 2.75) is 12.6 Å². The third-order valence-corrected chi connectivity index (χ3v) is 4.02. The first-order chi connectivity index (χ1) is 9.35. The Balaban J connectivity index is 1.64. The second-order valence-corrected chi connectivity index (χ2v) is 5.52. The molecule has 1 N–H and O–H groups in total. The van der Waals surface area contributed by atoms with Crippen molar-refractivity contribution in [2.24, 2.45) is 0 Å². The van der Waals surface area contributed by atoms with Crippen molar-refractivity contribution >= 4 is 11.3 Å². The molecule has 1 aliphatic rings. The molecule has 1 saturated heterocycles. The third kappa shape index (κ3) is 3.03. The summed E-state index contributed by atoms with van der Waals surface area (Å²) < 4.78 is 10.8. The summed E-state index contributed by atoms with van der Waals surface area (Å²) in [6.07, 6.45) is -0.0857. The number of hydrogen-bond acceptors (Lipinski definition) is 6. The maximum absolute atomic E-state index is 9.12. The minimum Gasteiger partial charge on any atom is -0.394 e. The van der Waals surface area contributed by atoms with Crippen LogP contribution in [0.4, 0.5) is 0 Å². The fourth-order valence-electron chi connectivity index (χ4n) is 2.18. The molecule has 0 saturated carbocycles. The molecule has 3 rings (SSSR count). The Hall–Kier alpha value is -1.21. The summed E-state index contributed by atoms with van der Waals surface area (Å²) in [5.74, 6) is 0.817. The smallest absolute Gasteiger partial charge is 0.177 e. The highest BCUT2D eigenvalue weighted by molar-refractivity contribution is 7.13. The van der Waals surface area contributed by atoms with Crippen LogP contribution >= 0.6 is 11.3 Å². The van der Waals surface area contributed by atoms with Gasteiger partial charge in [-0.25, -0.2) is 0 Å². The Kier molecular flexibility index (Phi) is 3.93. The van der Waals surface area contributed by atoms with Crippen LogP contribution in [-0.2, 0) is 11.3 Å². The molecule has 0 radical (unpaired) electrons. The molecule has 0 bridgehead atoms. The summed E-state index contributed by atoms with van der Waals surface area (Å²) in [4.78, 5) is 3.31. The van der Waals surface area contributed by atoms with E-state index in [4.69, 9.17) is 14.4 Å². The Bertz CT molecular complexity index is 512. The topological polar surface area (TPSA) is 58.7 Å². The molecule has 0 spiro atoms. The van der Waals surface area contributed by atoms with Gasteiger partial charge in [0.05, 0.1) is 29.9 Å². The van der Waals surface area contributed by atoms with E-state index in [1.165, 1.54) is 0 Å². The van der Waals surface area contributed by atoms with Crippen LogP contribution in [-0.4, -0.2) is 47.6 Å². The fourth-order valence-corrected chi connectivity index (χ4v) is 2.86. The molecule has 102 valence electrons.